The van der Waals surface area contributed by atoms with E-state index in [4.69, 9.17) is 4.74 Å². The van der Waals surface area contributed by atoms with E-state index in [-0.39, 0.29) is 18.3 Å². The lowest BCUT2D eigenvalue weighted by Crippen LogP contribution is -2.13. The van der Waals surface area contributed by atoms with Crippen molar-refractivity contribution in [2.75, 3.05) is 6.61 Å². The molecule has 0 aliphatic rings. The maximum absolute atomic E-state index is 12.2. The zero-order valence-electron chi connectivity index (χ0n) is 12.0. The predicted octanol–water partition coefficient (Wildman–Crippen LogP) is 3.99. The molecular formula is C16H15NO4S. The number of esters is 1. The normalized spacial score (nSPS) is 11.7. The van der Waals surface area contributed by atoms with Crippen LogP contribution < -0.4 is 0 Å². The summed E-state index contributed by atoms with van der Waals surface area (Å²) in [6.07, 6.45) is 0. The quantitative estimate of drug-likeness (QED) is 0.349. The molecule has 0 amide bonds. The molecular weight excluding hydrogens is 302 g/mol. The first-order valence-corrected chi connectivity index (χ1v) is 7.62. The molecule has 0 aliphatic heterocycles. The summed E-state index contributed by atoms with van der Waals surface area (Å²) in [5.41, 5.74) is 0.675. The van der Waals surface area contributed by atoms with Crippen LogP contribution in [0.4, 0.5) is 5.69 Å². The number of carbonyl (C=O) groups is 1. The topological polar surface area (TPSA) is 69.4 Å². The average Bonchev–Trinajstić information content (AvgIpc) is 2.54. The Morgan fingerprint density at radius 3 is 2.36 bits per heavy atom. The summed E-state index contributed by atoms with van der Waals surface area (Å²) in [6.45, 7) is 2.04. The molecule has 1 unspecified atom stereocenters. The molecule has 2 aromatic rings. The molecule has 2 aromatic carbocycles. The molecule has 6 heteroatoms. The number of rotatable bonds is 6. The highest BCUT2D eigenvalue weighted by molar-refractivity contribution is 8.00. The van der Waals surface area contributed by atoms with Gasteiger partial charge in [-0.3, -0.25) is 14.9 Å². The number of carbonyl (C=O) groups excluding carboxylic acids is 1. The molecule has 0 bridgehead atoms. The van der Waals surface area contributed by atoms with Gasteiger partial charge in [-0.2, -0.15) is 0 Å². The van der Waals surface area contributed by atoms with Crippen LogP contribution in [0, 0.1) is 10.1 Å². The van der Waals surface area contributed by atoms with E-state index >= 15 is 0 Å². The third-order valence-electron chi connectivity index (χ3n) is 2.90. The van der Waals surface area contributed by atoms with Gasteiger partial charge in [-0.25, -0.2) is 0 Å². The van der Waals surface area contributed by atoms with Gasteiger partial charge in [0, 0.05) is 17.0 Å². The van der Waals surface area contributed by atoms with Crippen LogP contribution in [0.5, 0.6) is 0 Å². The SMILES string of the molecule is CCOC(=O)C(Sc1ccccc1)c1ccc([N+](=O)[O-])cc1. The Morgan fingerprint density at radius 1 is 1.18 bits per heavy atom. The van der Waals surface area contributed by atoms with E-state index in [1.165, 1.54) is 23.9 Å². The number of hydrogen-bond acceptors (Lipinski definition) is 5. The highest BCUT2D eigenvalue weighted by Crippen LogP contribution is 2.36. The highest BCUT2D eigenvalue weighted by Gasteiger charge is 2.24. The van der Waals surface area contributed by atoms with Crippen molar-refractivity contribution in [1.29, 1.82) is 0 Å². The van der Waals surface area contributed by atoms with Gasteiger partial charge in [0.25, 0.3) is 5.69 Å². The Kier molecular flexibility index (Phi) is 5.55. The maximum Gasteiger partial charge on any atom is 0.323 e. The minimum absolute atomic E-state index is 0.00364. The molecule has 0 spiro atoms. The fourth-order valence-electron chi connectivity index (χ4n) is 1.88. The van der Waals surface area contributed by atoms with Crippen LogP contribution in [-0.4, -0.2) is 17.5 Å². The summed E-state index contributed by atoms with van der Waals surface area (Å²) < 4.78 is 5.11. The van der Waals surface area contributed by atoms with E-state index in [0.717, 1.165) is 4.90 Å². The number of hydrogen-bond donors (Lipinski definition) is 0. The molecule has 5 nitrogen and oxygen atoms in total. The molecule has 114 valence electrons. The summed E-state index contributed by atoms with van der Waals surface area (Å²) >= 11 is 1.36. The average molecular weight is 317 g/mol. The Balaban J connectivity index is 2.27. The highest BCUT2D eigenvalue weighted by atomic mass is 32.2. The van der Waals surface area contributed by atoms with Crippen LogP contribution in [0.2, 0.25) is 0 Å². The van der Waals surface area contributed by atoms with Gasteiger partial charge in [-0.1, -0.05) is 30.3 Å². The molecule has 0 saturated heterocycles. The molecule has 0 radical (unpaired) electrons. The summed E-state index contributed by atoms with van der Waals surface area (Å²) in [5, 5.41) is 10.2. The van der Waals surface area contributed by atoms with E-state index in [9.17, 15) is 14.9 Å². The van der Waals surface area contributed by atoms with Crippen molar-refractivity contribution in [3.05, 3.63) is 70.3 Å². The van der Waals surface area contributed by atoms with Crippen molar-refractivity contribution in [1.82, 2.24) is 0 Å². The molecule has 22 heavy (non-hydrogen) atoms. The molecule has 1 atom stereocenters. The molecule has 0 heterocycles. The number of nitro benzene ring substituents is 1. The minimum atomic E-state index is -0.553. The van der Waals surface area contributed by atoms with Gasteiger partial charge in [0.05, 0.1) is 11.5 Å². The first kappa shape index (κ1) is 16.0. The summed E-state index contributed by atoms with van der Waals surface area (Å²) in [4.78, 5) is 23.4. The lowest BCUT2D eigenvalue weighted by atomic mass is 10.1. The van der Waals surface area contributed by atoms with Crippen LogP contribution in [0.3, 0.4) is 0 Å². The standard InChI is InChI=1S/C16H15NO4S/c1-2-21-16(18)15(22-14-6-4-3-5-7-14)12-8-10-13(11-9-12)17(19)20/h3-11,15H,2H2,1H3. The van der Waals surface area contributed by atoms with Crippen molar-refractivity contribution >= 4 is 23.4 Å². The van der Waals surface area contributed by atoms with Crippen LogP contribution in [0.15, 0.2) is 59.5 Å². The van der Waals surface area contributed by atoms with Crippen LogP contribution >= 0.6 is 11.8 Å². The fraction of sp³-hybridized carbons (Fsp3) is 0.188. The monoisotopic (exact) mass is 317 g/mol. The number of nitrogens with zero attached hydrogens (tertiary/aromatic N) is 1. The van der Waals surface area contributed by atoms with Gasteiger partial charge in [0.2, 0.25) is 0 Å². The van der Waals surface area contributed by atoms with Crippen molar-refractivity contribution in [2.45, 2.75) is 17.1 Å². The van der Waals surface area contributed by atoms with E-state index < -0.39 is 10.2 Å². The Morgan fingerprint density at radius 2 is 1.82 bits per heavy atom. The summed E-state index contributed by atoms with van der Waals surface area (Å²) in [6, 6.07) is 15.5. The molecule has 0 aromatic heterocycles. The fourth-order valence-corrected chi connectivity index (χ4v) is 2.92. The number of benzene rings is 2. The van der Waals surface area contributed by atoms with E-state index in [1.54, 1.807) is 19.1 Å². The summed E-state index contributed by atoms with van der Waals surface area (Å²) in [5.74, 6) is -0.356. The first-order chi connectivity index (χ1) is 10.6. The summed E-state index contributed by atoms with van der Waals surface area (Å²) in [7, 11) is 0. The number of ether oxygens (including phenoxy) is 1. The Bertz CT molecular complexity index is 643. The third-order valence-corrected chi connectivity index (χ3v) is 4.15. The smallest absolute Gasteiger partial charge is 0.323 e. The van der Waals surface area contributed by atoms with Gasteiger partial charge in [0.1, 0.15) is 5.25 Å². The van der Waals surface area contributed by atoms with Crippen LogP contribution in [0.25, 0.3) is 0 Å². The number of thioether (sulfide) groups is 1. The molecule has 2 rings (SSSR count). The lowest BCUT2D eigenvalue weighted by molar-refractivity contribution is -0.384. The largest absolute Gasteiger partial charge is 0.465 e. The Labute approximate surface area is 132 Å². The van der Waals surface area contributed by atoms with Crippen molar-refractivity contribution in [3.8, 4) is 0 Å². The van der Waals surface area contributed by atoms with Crippen molar-refractivity contribution < 1.29 is 14.5 Å². The molecule has 0 aliphatic carbocycles. The third kappa shape index (κ3) is 4.08. The predicted molar refractivity (Wildman–Crippen MR) is 84.8 cm³/mol. The van der Waals surface area contributed by atoms with Gasteiger partial charge in [0.15, 0.2) is 0 Å². The number of non-ortho nitro benzene ring substituents is 1. The van der Waals surface area contributed by atoms with Gasteiger partial charge >= 0.3 is 5.97 Å². The van der Waals surface area contributed by atoms with Crippen molar-refractivity contribution in [3.63, 3.8) is 0 Å². The van der Waals surface area contributed by atoms with Gasteiger partial charge in [-0.05, 0) is 24.6 Å². The second-order valence-corrected chi connectivity index (χ2v) is 5.59. The zero-order chi connectivity index (χ0) is 15.9. The van der Waals surface area contributed by atoms with E-state index in [1.807, 2.05) is 30.3 Å². The lowest BCUT2D eigenvalue weighted by Gasteiger charge is -2.15. The van der Waals surface area contributed by atoms with Gasteiger partial charge in [-0.15, -0.1) is 11.8 Å². The Hall–Kier alpha value is -2.34. The van der Waals surface area contributed by atoms with E-state index in [0.29, 0.717) is 5.56 Å². The molecule has 0 fully saturated rings. The van der Waals surface area contributed by atoms with Gasteiger partial charge < -0.3 is 4.74 Å². The zero-order valence-corrected chi connectivity index (χ0v) is 12.8. The van der Waals surface area contributed by atoms with Crippen molar-refractivity contribution in [2.24, 2.45) is 0 Å². The molecule has 0 saturated carbocycles. The maximum atomic E-state index is 12.2. The van der Waals surface area contributed by atoms with E-state index in [2.05, 4.69) is 0 Å². The van der Waals surface area contributed by atoms with Crippen LogP contribution in [0.1, 0.15) is 17.7 Å². The first-order valence-electron chi connectivity index (χ1n) is 6.74. The number of nitro groups is 1. The molecule has 0 N–H and O–H groups in total. The second kappa shape index (κ2) is 7.61. The van der Waals surface area contributed by atoms with Crippen LogP contribution in [-0.2, 0) is 9.53 Å². The second-order valence-electron chi connectivity index (χ2n) is 4.41. The minimum Gasteiger partial charge on any atom is -0.465 e.